The smallest absolute Gasteiger partial charge is 0.236 e. The number of aromatic nitrogens is 3. The average Bonchev–Trinajstić information content (AvgIpc) is 3.46. The number of nitrogens with one attached hydrogen (secondary N) is 1. The summed E-state index contributed by atoms with van der Waals surface area (Å²) in [6, 6.07) is 20.0. The van der Waals surface area contributed by atoms with Crippen LogP contribution in [0.15, 0.2) is 77.7 Å². The van der Waals surface area contributed by atoms with E-state index >= 15 is 0 Å². The zero-order valence-corrected chi connectivity index (χ0v) is 16.4. The molecule has 4 rings (SSSR count). The zero-order valence-electron chi connectivity index (χ0n) is 16.4. The Morgan fingerprint density at radius 2 is 1.87 bits per heavy atom. The molecule has 2 heterocycles. The van der Waals surface area contributed by atoms with Gasteiger partial charge in [-0.15, -0.1) is 0 Å². The van der Waals surface area contributed by atoms with Gasteiger partial charge in [-0.1, -0.05) is 42.5 Å². The number of imidazole rings is 1. The quantitative estimate of drug-likeness (QED) is 0.417. The first-order valence-corrected chi connectivity index (χ1v) is 9.69. The second kappa shape index (κ2) is 9.43. The maximum atomic E-state index is 9.30. The maximum Gasteiger partial charge on any atom is 0.236 e. The van der Waals surface area contributed by atoms with E-state index in [1.807, 2.05) is 53.2 Å². The van der Waals surface area contributed by atoms with Crippen molar-refractivity contribution in [3.05, 3.63) is 84.9 Å². The number of aryl methyl sites for hydroxylation is 1. The lowest BCUT2D eigenvalue weighted by molar-refractivity contribution is 0.265. The van der Waals surface area contributed by atoms with Gasteiger partial charge in [0.05, 0.1) is 6.33 Å². The van der Waals surface area contributed by atoms with E-state index in [1.54, 1.807) is 12.5 Å². The maximum absolute atomic E-state index is 9.30. The Balaban J connectivity index is 1.30. The average molecular weight is 399 g/mol. The first kappa shape index (κ1) is 19.3. The first-order chi connectivity index (χ1) is 14.8. The fourth-order valence-corrected chi connectivity index (χ4v) is 3.02. The number of anilines is 1. The van der Waals surface area contributed by atoms with E-state index in [0.29, 0.717) is 24.1 Å². The normalized spacial score (nSPS) is 10.5. The molecule has 7 nitrogen and oxygen atoms in total. The van der Waals surface area contributed by atoms with Gasteiger partial charge in [0, 0.05) is 25.5 Å². The molecule has 30 heavy (non-hydrogen) atoms. The highest BCUT2D eigenvalue weighted by molar-refractivity contribution is 5.63. The lowest BCUT2D eigenvalue weighted by atomic mass is 10.1. The molecule has 4 aromatic rings. The molecule has 0 bridgehead atoms. The highest BCUT2D eigenvalue weighted by Gasteiger charge is 2.13. The van der Waals surface area contributed by atoms with E-state index in [4.69, 9.17) is 9.15 Å². The molecule has 150 valence electrons. The number of benzene rings is 2. The number of hydrogen-bond acceptors (Lipinski definition) is 6. The molecule has 0 spiro atoms. The SMILES string of the molecule is N#Cc1nc(COc2ccc(-c3ccccc3)cc2)oc1NCCCn1ccnc1. The molecule has 0 radical (unpaired) electrons. The third kappa shape index (κ3) is 4.86. The second-order valence-corrected chi connectivity index (χ2v) is 6.66. The Bertz CT molecular complexity index is 1100. The Hall–Kier alpha value is -4.05. The first-order valence-electron chi connectivity index (χ1n) is 9.69. The lowest BCUT2D eigenvalue weighted by Crippen LogP contribution is -2.06. The Morgan fingerprint density at radius 1 is 1.07 bits per heavy atom. The molecular formula is C23H21N5O2. The molecule has 7 heteroatoms. The molecule has 0 aliphatic carbocycles. The van der Waals surface area contributed by atoms with E-state index < -0.39 is 0 Å². The molecule has 1 N–H and O–H groups in total. The molecule has 2 aromatic heterocycles. The van der Waals surface area contributed by atoms with E-state index in [2.05, 4.69) is 33.5 Å². The van der Waals surface area contributed by atoms with E-state index in [1.165, 1.54) is 0 Å². The highest BCUT2D eigenvalue weighted by atomic mass is 16.5. The standard InChI is InChI=1S/C23H21N5O2/c24-15-21-23(26-11-4-13-28-14-12-25-17-28)30-22(27-21)16-29-20-9-7-19(8-10-20)18-5-2-1-3-6-18/h1-3,5-10,12,14,17,26H,4,11,13,16H2. The molecular weight excluding hydrogens is 378 g/mol. The van der Waals surface area contributed by atoms with Crippen LogP contribution in [0.25, 0.3) is 11.1 Å². The van der Waals surface area contributed by atoms with E-state index in [0.717, 1.165) is 24.1 Å². The summed E-state index contributed by atoms with van der Waals surface area (Å²) >= 11 is 0. The number of nitrogens with zero attached hydrogens (tertiary/aromatic N) is 4. The molecule has 0 aliphatic heterocycles. The van der Waals surface area contributed by atoms with Crippen LogP contribution < -0.4 is 10.1 Å². The van der Waals surface area contributed by atoms with Crippen LogP contribution >= 0.6 is 0 Å². The zero-order chi connectivity index (χ0) is 20.6. The van der Waals surface area contributed by atoms with Crippen LogP contribution in [0.5, 0.6) is 5.75 Å². The lowest BCUT2D eigenvalue weighted by Gasteiger charge is -2.06. The monoisotopic (exact) mass is 399 g/mol. The Morgan fingerprint density at radius 3 is 2.60 bits per heavy atom. The van der Waals surface area contributed by atoms with Gasteiger partial charge in [-0.05, 0) is 29.7 Å². The summed E-state index contributed by atoms with van der Waals surface area (Å²) in [5.74, 6) is 1.44. The summed E-state index contributed by atoms with van der Waals surface area (Å²) in [5.41, 5.74) is 2.50. The fourth-order valence-electron chi connectivity index (χ4n) is 3.02. The number of oxazole rings is 1. The van der Waals surface area contributed by atoms with Gasteiger partial charge in [-0.25, -0.2) is 4.98 Å². The Labute approximate surface area is 174 Å². The second-order valence-electron chi connectivity index (χ2n) is 6.66. The van der Waals surface area contributed by atoms with Gasteiger partial charge < -0.3 is 19.0 Å². The van der Waals surface area contributed by atoms with Crippen molar-refractivity contribution in [1.82, 2.24) is 14.5 Å². The third-order valence-electron chi connectivity index (χ3n) is 4.54. The number of nitriles is 1. The van der Waals surface area contributed by atoms with Crippen molar-refractivity contribution >= 4 is 5.88 Å². The highest BCUT2D eigenvalue weighted by Crippen LogP contribution is 2.23. The van der Waals surface area contributed by atoms with Crippen molar-refractivity contribution in [3.63, 3.8) is 0 Å². The van der Waals surface area contributed by atoms with Crippen LogP contribution in [0.3, 0.4) is 0 Å². The molecule has 0 fully saturated rings. The van der Waals surface area contributed by atoms with Gasteiger partial charge in [0.25, 0.3) is 0 Å². The van der Waals surface area contributed by atoms with Crippen molar-refractivity contribution in [2.24, 2.45) is 0 Å². The molecule has 2 aromatic carbocycles. The summed E-state index contributed by atoms with van der Waals surface area (Å²) in [7, 11) is 0. The van der Waals surface area contributed by atoms with Crippen LogP contribution in [-0.4, -0.2) is 21.1 Å². The van der Waals surface area contributed by atoms with Gasteiger partial charge in [0.2, 0.25) is 17.5 Å². The van der Waals surface area contributed by atoms with Crippen LogP contribution in [0, 0.1) is 11.3 Å². The van der Waals surface area contributed by atoms with E-state index in [9.17, 15) is 5.26 Å². The van der Waals surface area contributed by atoms with Gasteiger partial charge in [-0.2, -0.15) is 10.2 Å². The summed E-state index contributed by atoms with van der Waals surface area (Å²) in [4.78, 5) is 8.22. The van der Waals surface area contributed by atoms with E-state index in [-0.39, 0.29) is 12.3 Å². The van der Waals surface area contributed by atoms with Crippen LogP contribution in [0.4, 0.5) is 5.88 Å². The number of rotatable bonds is 9. The molecule has 0 unspecified atom stereocenters. The minimum atomic E-state index is 0.149. The largest absolute Gasteiger partial charge is 0.484 e. The predicted octanol–water partition coefficient (Wildman–Crippen LogP) is 4.49. The van der Waals surface area contributed by atoms with Gasteiger partial charge in [-0.3, -0.25) is 0 Å². The molecule has 0 atom stereocenters. The van der Waals surface area contributed by atoms with Gasteiger partial charge in [0.15, 0.2) is 6.61 Å². The summed E-state index contributed by atoms with van der Waals surface area (Å²) in [6.45, 7) is 1.64. The summed E-state index contributed by atoms with van der Waals surface area (Å²) < 4.78 is 13.4. The minimum Gasteiger partial charge on any atom is -0.484 e. The van der Waals surface area contributed by atoms with Crippen molar-refractivity contribution in [2.45, 2.75) is 19.6 Å². The van der Waals surface area contributed by atoms with Crippen LogP contribution in [-0.2, 0) is 13.2 Å². The van der Waals surface area contributed by atoms with Crippen molar-refractivity contribution < 1.29 is 9.15 Å². The number of hydrogen-bond donors (Lipinski definition) is 1. The van der Waals surface area contributed by atoms with Crippen molar-refractivity contribution in [2.75, 3.05) is 11.9 Å². The topological polar surface area (TPSA) is 88.9 Å². The van der Waals surface area contributed by atoms with Gasteiger partial charge in [0.1, 0.15) is 11.8 Å². The van der Waals surface area contributed by atoms with Gasteiger partial charge >= 0.3 is 0 Å². The van der Waals surface area contributed by atoms with Crippen molar-refractivity contribution in [1.29, 1.82) is 5.26 Å². The molecule has 0 amide bonds. The van der Waals surface area contributed by atoms with Crippen LogP contribution in [0.2, 0.25) is 0 Å². The third-order valence-corrected chi connectivity index (χ3v) is 4.54. The summed E-state index contributed by atoms with van der Waals surface area (Å²) in [5, 5.41) is 12.4. The summed E-state index contributed by atoms with van der Waals surface area (Å²) in [6.07, 6.45) is 6.30. The molecule has 0 saturated heterocycles. The molecule has 0 saturated carbocycles. The van der Waals surface area contributed by atoms with Crippen molar-refractivity contribution in [3.8, 4) is 22.9 Å². The predicted molar refractivity (Wildman–Crippen MR) is 113 cm³/mol. The number of ether oxygens (including phenoxy) is 1. The molecule has 0 aliphatic rings. The Kier molecular flexibility index (Phi) is 6.06. The minimum absolute atomic E-state index is 0.149. The van der Waals surface area contributed by atoms with Crippen LogP contribution in [0.1, 0.15) is 18.0 Å². The fraction of sp³-hybridized carbons (Fsp3) is 0.174.